The molecule has 0 atom stereocenters. The van der Waals surface area contributed by atoms with E-state index in [1.54, 1.807) is 0 Å². The van der Waals surface area contributed by atoms with E-state index in [1.165, 1.54) is 0 Å². The van der Waals surface area contributed by atoms with Crippen LogP contribution in [-0.4, -0.2) is 21.8 Å². The predicted molar refractivity (Wildman–Crippen MR) is 23.3 cm³/mol. The van der Waals surface area contributed by atoms with Crippen LogP contribution < -0.4 is 0 Å². The molecule has 1 N–H and O–H groups in total. The zero-order valence-electron chi connectivity index (χ0n) is 3.90. The van der Waals surface area contributed by atoms with Crippen LogP contribution >= 0.6 is 0 Å². The van der Waals surface area contributed by atoms with Crippen molar-refractivity contribution in [3.05, 3.63) is 0 Å². The fourth-order valence-corrected chi connectivity index (χ4v) is 0.298. The van der Waals surface area contributed by atoms with Gasteiger partial charge >= 0.3 is 53.4 Å². The summed E-state index contributed by atoms with van der Waals surface area (Å²) in [6.07, 6.45) is -0.455. The van der Waals surface area contributed by atoms with Crippen molar-refractivity contribution in [2.75, 3.05) is 0 Å². The minimum atomic E-state index is -1.12. The molecule has 46 valence electrons. The van der Waals surface area contributed by atoms with Gasteiger partial charge in [0.05, 0.1) is 0 Å². The zero-order chi connectivity index (χ0) is 6.57. The van der Waals surface area contributed by atoms with E-state index in [0.717, 1.165) is 4.92 Å². The van der Waals surface area contributed by atoms with Gasteiger partial charge in [-0.1, -0.05) is 0 Å². The van der Waals surface area contributed by atoms with Crippen LogP contribution in [0, 0.1) is 0 Å². The van der Waals surface area contributed by atoms with Crippen LogP contribution in [0.4, 0.5) is 0 Å². The van der Waals surface area contributed by atoms with Crippen molar-refractivity contribution in [1.82, 2.24) is 0 Å². The molecule has 4 heteroatoms. The van der Waals surface area contributed by atoms with E-state index in [0.29, 0.717) is 0 Å². The molecule has 0 bridgehead atoms. The first-order chi connectivity index (χ1) is 3.66. The van der Waals surface area contributed by atoms with Crippen molar-refractivity contribution in [2.24, 2.45) is 0 Å². The van der Waals surface area contributed by atoms with Gasteiger partial charge < -0.3 is 0 Å². The summed E-state index contributed by atoms with van der Waals surface area (Å²) in [6, 6.07) is 0. The van der Waals surface area contributed by atoms with Crippen LogP contribution in [0.15, 0.2) is 0 Å². The van der Waals surface area contributed by atoms with E-state index in [2.05, 4.69) is 15.6 Å². The fourth-order valence-electron chi connectivity index (χ4n) is 0.185. The second kappa shape index (κ2) is 3.52. The number of Topliss-reactive ketones (excluding diaryl/α,β-unsaturated/α-hetero) is 1. The Morgan fingerprint density at radius 1 is 1.62 bits per heavy atom. The number of aliphatic carboxylic acids is 1. The molecule has 0 aliphatic rings. The van der Waals surface area contributed by atoms with Gasteiger partial charge in [0.15, 0.2) is 0 Å². The van der Waals surface area contributed by atoms with Gasteiger partial charge in [-0.25, -0.2) is 0 Å². The zero-order valence-corrected chi connectivity index (χ0v) is 5.01. The van der Waals surface area contributed by atoms with E-state index in [-0.39, 0.29) is 0 Å². The minimum absolute atomic E-state index is 0.455. The first kappa shape index (κ1) is 7.53. The van der Waals surface area contributed by atoms with Crippen LogP contribution in [0.3, 0.4) is 0 Å². The van der Waals surface area contributed by atoms with Crippen LogP contribution in [-0.2, 0) is 25.2 Å². The van der Waals surface area contributed by atoms with Gasteiger partial charge in [0.25, 0.3) is 0 Å². The molecule has 0 aromatic carbocycles. The molecule has 0 saturated carbocycles. The molecule has 0 aliphatic carbocycles. The molecule has 0 heterocycles. The first-order valence-electron chi connectivity index (χ1n) is 1.83. The molecule has 3 nitrogen and oxygen atoms in total. The molecule has 0 rings (SSSR count). The molecule has 0 unspecified atom stereocenters. The number of ketones is 1. The molecule has 0 aromatic rings. The molecule has 0 aromatic heterocycles. The van der Waals surface area contributed by atoms with Crippen molar-refractivity contribution in [3.8, 4) is 0 Å². The summed E-state index contributed by atoms with van der Waals surface area (Å²) >= 11 is 3.10. The molecular formula is C4H4FeO3. The Hall–Kier alpha value is -0.471. The Kier molecular flexibility index (Phi) is 3.31. The van der Waals surface area contributed by atoms with Gasteiger partial charge in [-0.2, -0.15) is 0 Å². The summed E-state index contributed by atoms with van der Waals surface area (Å²) in [4.78, 5) is 20.8. The van der Waals surface area contributed by atoms with E-state index in [9.17, 15) is 9.59 Å². The number of hydrogen-bond acceptors (Lipinski definition) is 2. The summed E-state index contributed by atoms with van der Waals surface area (Å²) < 4.78 is 0. The molecule has 0 amide bonds. The van der Waals surface area contributed by atoms with Crippen LogP contribution in [0.2, 0.25) is 0 Å². The Labute approximate surface area is 54.1 Å². The molecule has 0 saturated heterocycles. The average molecular weight is 156 g/mol. The maximum atomic E-state index is 10.1. The van der Waals surface area contributed by atoms with E-state index in [1.807, 2.05) is 0 Å². The Morgan fingerprint density at radius 3 is 2.25 bits per heavy atom. The Bertz CT molecular complexity index is 129. The molecule has 0 radical (unpaired) electrons. The van der Waals surface area contributed by atoms with Crippen molar-refractivity contribution in [2.45, 2.75) is 6.42 Å². The van der Waals surface area contributed by atoms with Gasteiger partial charge in [-0.15, -0.1) is 0 Å². The van der Waals surface area contributed by atoms with Crippen molar-refractivity contribution in [3.63, 3.8) is 0 Å². The van der Waals surface area contributed by atoms with Crippen molar-refractivity contribution >= 4 is 16.7 Å². The number of carboxylic acids is 1. The number of carbonyl (C=O) groups is 2. The monoisotopic (exact) mass is 156 g/mol. The summed E-state index contributed by atoms with van der Waals surface area (Å²) in [5, 5.41) is 7.95. The first-order valence-corrected chi connectivity index (χ1v) is 2.47. The van der Waals surface area contributed by atoms with E-state index in [4.69, 9.17) is 5.11 Å². The van der Waals surface area contributed by atoms with Gasteiger partial charge in [0, 0.05) is 0 Å². The number of rotatable bonds is 3. The fraction of sp³-hybridized carbons (Fsp3) is 0.250. The summed E-state index contributed by atoms with van der Waals surface area (Å²) in [6.45, 7) is 0. The predicted octanol–water partition coefficient (Wildman–Crippen LogP) is -0.621. The third kappa shape index (κ3) is 3.71. The van der Waals surface area contributed by atoms with Crippen LogP contribution in [0.1, 0.15) is 6.42 Å². The van der Waals surface area contributed by atoms with Crippen LogP contribution in [0.25, 0.3) is 0 Å². The number of carboxylic acid groups (broad SMARTS) is 1. The van der Waals surface area contributed by atoms with Crippen molar-refractivity contribution < 1.29 is 30.3 Å². The molecular weight excluding hydrogens is 152 g/mol. The quantitative estimate of drug-likeness (QED) is 0.437. The second-order valence-electron chi connectivity index (χ2n) is 1.14. The van der Waals surface area contributed by atoms with Gasteiger partial charge in [-0.05, 0) is 0 Å². The summed E-state index contributed by atoms with van der Waals surface area (Å²) in [5.41, 5.74) is 0. The average Bonchev–Trinajstić information content (AvgIpc) is 1.65. The van der Waals surface area contributed by atoms with Gasteiger partial charge in [0.1, 0.15) is 0 Å². The molecule has 8 heavy (non-hydrogen) atoms. The van der Waals surface area contributed by atoms with Crippen molar-refractivity contribution in [1.29, 1.82) is 0 Å². The van der Waals surface area contributed by atoms with E-state index < -0.39 is 18.2 Å². The molecule has 0 fully saturated rings. The number of carbonyl (C=O) groups excluding carboxylic acids is 1. The maximum absolute atomic E-state index is 10.1. The third-order valence-corrected chi connectivity index (χ3v) is 0.795. The molecule has 0 aliphatic heterocycles. The second-order valence-corrected chi connectivity index (χ2v) is 1.46. The topological polar surface area (TPSA) is 54.4 Å². The van der Waals surface area contributed by atoms with Gasteiger partial charge in [-0.3, -0.25) is 0 Å². The summed E-state index contributed by atoms with van der Waals surface area (Å²) in [7, 11) is 0. The summed E-state index contributed by atoms with van der Waals surface area (Å²) in [5.74, 6) is -1.58. The normalized spacial score (nSPS) is 8.12. The molecule has 0 spiro atoms. The van der Waals surface area contributed by atoms with E-state index >= 15 is 0 Å². The number of hydrogen-bond donors (Lipinski definition) is 1. The Balaban J connectivity index is 3.55. The van der Waals surface area contributed by atoms with Gasteiger partial charge in [0.2, 0.25) is 0 Å². The van der Waals surface area contributed by atoms with Crippen LogP contribution in [0.5, 0.6) is 0 Å². The SMILES string of the molecule is O=C(O)CC(=O)[CH]=[Fe]. The third-order valence-electron chi connectivity index (χ3n) is 0.439. The Morgan fingerprint density at radius 2 is 2.12 bits per heavy atom. The standard InChI is InChI=1S/C4H4O3.Fe/c1-3(5)2-4(6)7;/h1H,2H2,(H,6,7);.